The minimum absolute atomic E-state index is 0.138. The minimum atomic E-state index is -0.138. The van der Waals surface area contributed by atoms with Crippen molar-refractivity contribution in [2.75, 3.05) is 43.5 Å². The largest absolute Gasteiger partial charge is 0.493 e. The van der Waals surface area contributed by atoms with Crippen molar-refractivity contribution in [2.24, 2.45) is 0 Å². The quantitative estimate of drug-likeness (QED) is 0.236. The lowest BCUT2D eigenvalue weighted by Gasteiger charge is -2.35. The molecule has 2 amide bonds. The van der Waals surface area contributed by atoms with Gasteiger partial charge in [-0.15, -0.1) is 0 Å². The first kappa shape index (κ1) is 26.9. The Balaban J connectivity index is 1.08. The molecule has 212 valence electrons. The third-order valence-corrected chi connectivity index (χ3v) is 7.09. The van der Waals surface area contributed by atoms with E-state index < -0.39 is 0 Å². The lowest BCUT2D eigenvalue weighted by atomic mass is 10.2. The van der Waals surface area contributed by atoms with Gasteiger partial charge >= 0.3 is 6.03 Å². The van der Waals surface area contributed by atoms with Crippen LogP contribution in [0.4, 0.5) is 16.3 Å². The van der Waals surface area contributed by atoms with Crippen molar-refractivity contribution < 1.29 is 19.0 Å². The van der Waals surface area contributed by atoms with E-state index in [-0.39, 0.29) is 6.03 Å². The second-order valence-corrected chi connectivity index (χ2v) is 9.84. The normalized spacial score (nSPS) is 13.1. The highest BCUT2D eigenvalue weighted by atomic mass is 16.5. The molecule has 9 heteroatoms. The molecule has 1 aliphatic heterocycles. The molecular weight excluding hydrogens is 530 g/mol. The number of piperazine rings is 1. The van der Waals surface area contributed by atoms with Gasteiger partial charge in [0, 0.05) is 43.3 Å². The van der Waals surface area contributed by atoms with E-state index in [0.717, 1.165) is 28.0 Å². The van der Waals surface area contributed by atoms with Crippen LogP contribution in [0.25, 0.3) is 10.9 Å². The average molecular weight is 562 g/mol. The number of amides is 2. The summed E-state index contributed by atoms with van der Waals surface area (Å²) < 4.78 is 17.6. The molecule has 0 spiro atoms. The molecule has 1 N–H and O–H groups in total. The van der Waals surface area contributed by atoms with E-state index in [1.807, 2.05) is 102 Å². The van der Waals surface area contributed by atoms with Gasteiger partial charge in [-0.25, -0.2) is 14.8 Å². The maximum absolute atomic E-state index is 13.0. The van der Waals surface area contributed by atoms with Crippen molar-refractivity contribution in [3.05, 3.63) is 109 Å². The molecule has 5 aromatic rings. The zero-order valence-electron chi connectivity index (χ0n) is 23.3. The summed E-state index contributed by atoms with van der Waals surface area (Å²) in [7, 11) is 1.63. The smallest absolute Gasteiger partial charge is 0.321 e. The predicted molar refractivity (Wildman–Crippen MR) is 163 cm³/mol. The molecular formula is C33H31N5O4. The number of hydrogen-bond acceptors (Lipinski definition) is 7. The number of nitrogens with zero attached hydrogens (tertiary/aromatic N) is 4. The van der Waals surface area contributed by atoms with Crippen LogP contribution in [-0.4, -0.2) is 54.2 Å². The summed E-state index contributed by atoms with van der Waals surface area (Å²) in [5.74, 6) is 3.52. The molecule has 0 saturated carbocycles. The highest BCUT2D eigenvalue weighted by Crippen LogP contribution is 2.35. The maximum atomic E-state index is 13.0. The number of rotatable bonds is 8. The molecule has 1 aliphatic rings. The van der Waals surface area contributed by atoms with E-state index in [2.05, 4.69) is 20.2 Å². The number of benzene rings is 4. The highest BCUT2D eigenvalue weighted by molar-refractivity contribution is 5.92. The summed E-state index contributed by atoms with van der Waals surface area (Å²) >= 11 is 0. The first-order valence-corrected chi connectivity index (χ1v) is 13.8. The molecule has 1 fully saturated rings. The maximum Gasteiger partial charge on any atom is 0.321 e. The SMILES string of the molecule is COc1cc2c(N3CCN(C(=O)Nc4ccc(Oc5ccccc5)cc4)CC3)ncnc2cc1OCc1ccccc1. The second kappa shape index (κ2) is 12.5. The van der Waals surface area contributed by atoms with Crippen LogP contribution in [0, 0.1) is 0 Å². The molecule has 1 aromatic heterocycles. The van der Waals surface area contributed by atoms with Gasteiger partial charge in [0.1, 0.15) is 30.3 Å². The van der Waals surface area contributed by atoms with E-state index in [1.165, 1.54) is 0 Å². The Hall–Kier alpha value is -5.31. The third-order valence-electron chi connectivity index (χ3n) is 7.09. The van der Waals surface area contributed by atoms with E-state index in [4.69, 9.17) is 14.2 Å². The number of hydrogen-bond donors (Lipinski definition) is 1. The van der Waals surface area contributed by atoms with Gasteiger partial charge in [-0.05, 0) is 48.0 Å². The van der Waals surface area contributed by atoms with Crippen LogP contribution in [-0.2, 0) is 6.61 Å². The first-order valence-electron chi connectivity index (χ1n) is 13.8. The van der Waals surface area contributed by atoms with Crippen molar-refractivity contribution in [1.29, 1.82) is 0 Å². The number of para-hydroxylation sites is 1. The fraction of sp³-hybridized carbons (Fsp3) is 0.182. The number of anilines is 2. The number of carbonyl (C=O) groups excluding carboxylic acids is 1. The Morgan fingerprint density at radius 1 is 0.810 bits per heavy atom. The number of carbonyl (C=O) groups is 1. The van der Waals surface area contributed by atoms with E-state index >= 15 is 0 Å². The van der Waals surface area contributed by atoms with Gasteiger partial charge in [-0.1, -0.05) is 48.5 Å². The van der Waals surface area contributed by atoms with Gasteiger partial charge in [-0.3, -0.25) is 0 Å². The fourth-order valence-corrected chi connectivity index (χ4v) is 4.86. The Morgan fingerprint density at radius 3 is 2.21 bits per heavy atom. The third kappa shape index (κ3) is 6.20. The van der Waals surface area contributed by atoms with Gasteiger partial charge in [0.2, 0.25) is 0 Å². The van der Waals surface area contributed by atoms with Crippen molar-refractivity contribution in [3.63, 3.8) is 0 Å². The molecule has 0 atom stereocenters. The summed E-state index contributed by atoms with van der Waals surface area (Å²) in [6, 6.07) is 30.6. The van der Waals surface area contributed by atoms with Crippen LogP contribution in [0.15, 0.2) is 103 Å². The summed E-state index contributed by atoms with van der Waals surface area (Å²) in [5, 5.41) is 3.86. The lowest BCUT2D eigenvalue weighted by Crippen LogP contribution is -2.50. The van der Waals surface area contributed by atoms with Crippen molar-refractivity contribution in [2.45, 2.75) is 6.61 Å². The molecule has 4 aromatic carbocycles. The number of ether oxygens (including phenoxy) is 3. The monoisotopic (exact) mass is 561 g/mol. The Morgan fingerprint density at radius 2 is 1.50 bits per heavy atom. The van der Waals surface area contributed by atoms with Gasteiger partial charge in [-0.2, -0.15) is 0 Å². The van der Waals surface area contributed by atoms with Crippen LogP contribution >= 0.6 is 0 Å². The number of fused-ring (bicyclic) bond motifs is 1. The first-order chi connectivity index (χ1) is 20.7. The van der Waals surface area contributed by atoms with Crippen molar-refractivity contribution in [1.82, 2.24) is 14.9 Å². The number of urea groups is 1. The van der Waals surface area contributed by atoms with Crippen LogP contribution in [0.2, 0.25) is 0 Å². The summed E-state index contributed by atoms with van der Waals surface area (Å²) in [6.45, 7) is 2.82. The zero-order chi connectivity index (χ0) is 28.7. The molecule has 0 unspecified atom stereocenters. The highest BCUT2D eigenvalue weighted by Gasteiger charge is 2.24. The van der Waals surface area contributed by atoms with Crippen molar-refractivity contribution >= 4 is 28.4 Å². The number of nitrogens with one attached hydrogen (secondary N) is 1. The number of aromatic nitrogens is 2. The molecule has 6 rings (SSSR count). The number of methoxy groups -OCH3 is 1. The van der Waals surface area contributed by atoms with Crippen LogP contribution < -0.4 is 24.4 Å². The van der Waals surface area contributed by atoms with Gasteiger partial charge in [0.15, 0.2) is 11.5 Å². The average Bonchev–Trinajstić information content (AvgIpc) is 3.05. The molecule has 0 bridgehead atoms. The van der Waals surface area contributed by atoms with E-state index in [9.17, 15) is 4.79 Å². The fourth-order valence-electron chi connectivity index (χ4n) is 4.86. The Bertz CT molecular complexity index is 1640. The van der Waals surface area contributed by atoms with Crippen molar-refractivity contribution in [3.8, 4) is 23.0 Å². The molecule has 42 heavy (non-hydrogen) atoms. The summed E-state index contributed by atoms with van der Waals surface area (Å²) in [5.41, 5.74) is 2.55. The summed E-state index contributed by atoms with van der Waals surface area (Å²) in [4.78, 5) is 26.1. The molecule has 0 aliphatic carbocycles. The molecule has 1 saturated heterocycles. The Kier molecular flexibility index (Phi) is 7.98. The topological polar surface area (TPSA) is 89.1 Å². The Labute approximate surface area is 244 Å². The van der Waals surface area contributed by atoms with E-state index in [1.54, 1.807) is 13.4 Å². The zero-order valence-corrected chi connectivity index (χ0v) is 23.3. The van der Waals surface area contributed by atoms with E-state index in [0.29, 0.717) is 55.7 Å². The summed E-state index contributed by atoms with van der Waals surface area (Å²) in [6.07, 6.45) is 1.56. The minimum Gasteiger partial charge on any atom is -0.493 e. The van der Waals surface area contributed by atoms with Crippen LogP contribution in [0.3, 0.4) is 0 Å². The molecule has 9 nitrogen and oxygen atoms in total. The lowest BCUT2D eigenvalue weighted by molar-refractivity contribution is 0.208. The standard InChI is InChI=1S/C33H31N5O4/c1-40-30-20-28-29(21-31(30)41-22-24-8-4-2-5-9-24)34-23-35-32(28)37-16-18-38(19-17-37)33(39)36-25-12-14-27(15-13-25)42-26-10-6-3-7-11-26/h2-15,20-21,23H,16-19,22H2,1H3,(H,36,39). The van der Waals surface area contributed by atoms with Gasteiger partial charge in [0.05, 0.1) is 12.6 Å². The predicted octanol–water partition coefficient (Wildman–Crippen LogP) is 6.36. The van der Waals surface area contributed by atoms with Crippen LogP contribution in [0.5, 0.6) is 23.0 Å². The van der Waals surface area contributed by atoms with Gasteiger partial charge < -0.3 is 29.3 Å². The van der Waals surface area contributed by atoms with Crippen LogP contribution in [0.1, 0.15) is 5.56 Å². The second-order valence-electron chi connectivity index (χ2n) is 9.84. The molecule has 2 heterocycles. The van der Waals surface area contributed by atoms with Gasteiger partial charge in [0.25, 0.3) is 0 Å². The molecule has 0 radical (unpaired) electrons.